The van der Waals surface area contributed by atoms with Gasteiger partial charge in [0.2, 0.25) is 5.95 Å². The maximum Gasteiger partial charge on any atom is 0.416 e. The predicted molar refractivity (Wildman–Crippen MR) is 135 cm³/mol. The average molecular weight is 537 g/mol. The Morgan fingerprint density at radius 2 is 1.84 bits per heavy atom. The molecular formula is C25H31F3N6O4. The van der Waals surface area contributed by atoms with Crippen molar-refractivity contribution in [3.63, 3.8) is 0 Å². The lowest BCUT2D eigenvalue weighted by molar-refractivity contribution is -0.137. The lowest BCUT2D eigenvalue weighted by Gasteiger charge is -2.34. The third kappa shape index (κ3) is 5.41. The molecule has 2 aromatic heterocycles. The first-order valence-corrected chi connectivity index (χ1v) is 12.1. The predicted octanol–water partition coefficient (Wildman–Crippen LogP) is 4.17. The van der Waals surface area contributed by atoms with E-state index < -0.39 is 22.9 Å². The summed E-state index contributed by atoms with van der Waals surface area (Å²) < 4.78 is 53.1. The fraction of sp³-hybridized carbons (Fsp3) is 0.520. The topological polar surface area (TPSA) is 104 Å². The number of piperidine rings is 1. The number of ether oxygens (including phenoxy) is 2. The molecule has 0 radical (unpaired) electrons. The monoisotopic (exact) mass is 536 g/mol. The van der Waals surface area contributed by atoms with Gasteiger partial charge in [0, 0.05) is 33.2 Å². The molecule has 1 saturated heterocycles. The molecule has 0 unspecified atom stereocenters. The van der Waals surface area contributed by atoms with Crippen molar-refractivity contribution in [1.82, 2.24) is 24.0 Å². The molecular weight excluding hydrogens is 505 g/mol. The molecule has 0 saturated carbocycles. The number of hydrogen-bond donors (Lipinski definition) is 1. The van der Waals surface area contributed by atoms with E-state index >= 15 is 0 Å². The number of benzene rings is 1. The molecule has 3 heterocycles. The highest BCUT2D eigenvalue weighted by Gasteiger charge is 2.32. The van der Waals surface area contributed by atoms with E-state index in [-0.39, 0.29) is 40.4 Å². The van der Waals surface area contributed by atoms with E-state index in [0.717, 1.165) is 25.0 Å². The molecule has 206 valence electrons. The summed E-state index contributed by atoms with van der Waals surface area (Å²) in [7, 11) is 4.41. The highest BCUT2D eigenvalue weighted by Crippen LogP contribution is 2.36. The van der Waals surface area contributed by atoms with E-state index in [1.165, 1.54) is 24.8 Å². The number of carbonyl (C=O) groups excluding carboxylic acids is 1. The normalized spacial score (nSPS) is 16.6. The van der Waals surface area contributed by atoms with Crippen molar-refractivity contribution in [2.75, 3.05) is 25.5 Å². The Morgan fingerprint density at radius 3 is 2.47 bits per heavy atom. The Labute approximate surface area is 217 Å². The van der Waals surface area contributed by atoms with Crippen LogP contribution in [0, 0.1) is 0 Å². The summed E-state index contributed by atoms with van der Waals surface area (Å²) in [6.07, 6.45) is -3.39. The number of halogens is 3. The van der Waals surface area contributed by atoms with Crippen LogP contribution in [0.2, 0.25) is 0 Å². The molecule has 1 N–H and O–H groups in total. The minimum atomic E-state index is -4.55. The van der Waals surface area contributed by atoms with Crippen LogP contribution in [0.4, 0.5) is 23.9 Å². The first-order chi connectivity index (χ1) is 17.7. The number of methoxy groups -OCH3 is 1. The Bertz CT molecular complexity index is 1420. The van der Waals surface area contributed by atoms with Gasteiger partial charge in [-0.15, -0.1) is 0 Å². The number of anilines is 1. The van der Waals surface area contributed by atoms with Gasteiger partial charge in [0.25, 0.3) is 5.56 Å². The number of hydrogen-bond acceptors (Lipinski definition) is 7. The number of carbonyl (C=O) groups is 1. The quantitative estimate of drug-likeness (QED) is 0.534. The van der Waals surface area contributed by atoms with Gasteiger partial charge < -0.3 is 24.3 Å². The van der Waals surface area contributed by atoms with Gasteiger partial charge in [-0.25, -0.2) is 9.78 Å². The van der Waals surface area contributed by atoms with Gasteiger partial charge >= 0.3 is 12.3 Å². The van der Waals surface area contributed by atoms with Crippen molar-refractivity contribution in [3.05, 3.63) is 34.1 Å². The van der Waals surface area contributed by atoms with Gasteiger partial charge in [-0.3, -0.25) is 9.36 Å². The molecule has 1 amide bonds. The van der Waals surface area contributed by atoms with Crippen molar-refractivity contribution >= 4 is 23.2 Å². The van der Waals surface area contributed by atoms with Crippen molar-refractivity contribution in [1.29, 1.82) is 0 Å². The van der Waals surface area contributed by atoms with Crippen LogP contribution in [0.5, 0.6) is 5.75 Å². The van der Waals surface area contributed by atoms with E-state index in [9.17, 15) is 22.8 Å². The molecule has 0 bridgehead atoms. The summed E-state index contributed by atoms with van der Waals surface area (Å²) in [5.41, 5.74) is -1.31. The molecule has 10 nitrogen and oxygen atoms in total. The van der Waals surface area contributed by atoms with Gasteiger partial charge in [-0.1, -0.05) is 0 Å². The molecule has 3 aromatic rings. The van der Waals surface area contributed by atoms with E-state index in [1.807, 2.05) is 20.8 Å². The van der Waals surface area contributed by atoms with Crippen molar-refractivity contribution in [2.45, 2.75) is 51.4 Å². The largest absolute Gasteiger partial charge is 0.496 e. The summed E-state index contributed by atoms with van der Waals surface area (Å²) in [6.45, 7) is 6.41. The number of nitrogens with one attached hydrogen (secondary N) is 1. The number of imidazole rings is 1. The third-order valence-corrected chi connectivity index (χ3v) is 6.29. The molecule has 1 atom stereocenters. The van der Waals surface area contributed by atoms with Crippen molar-refractivity contribution in [3.8, 4) is 17.1 Å². The van der Waals surface area contributed by atoms with Gasteiger partial charge in [-0.2, -0.15) is 18.2 Å². The van der Waals surface area contributed by atoms with Crippen LogP contribution >= 0.6 is 0 Å². The number of likely N-dealkylation sites (tertiary alicyclic amines) is 1. The van der Waals surface area contributed by atoms with Crippen molar-refractivity contribution in [2.24, 2.45) is 14.1 Å². The molecule has 1 fully saturated rings. The molecule has 38 heavy (non-hydrogen) atoms. The zero-order valence-electron chi connectivity index (χ0n) is 22.1. The fourth-order valence-corrected chi connectivity index (χ4v) is 4.42. The van der Waals surface area contributed by atoms with Crippen LogP contribution in [0.15, 0.2) is 23.0 Å². The van der Waals surface area contributed by atoms with Gasteiger partial charge in [0.05, 0.1) is 18.2 Å². The standard InChI is InChI=1S/C25H31F3N6O4/c1-24(2,3)38-23(36)34-11-7-8-15(13-34)29-22-31-19-18(32(22)4)21(35)33(5)20(30-19)16-10-9-14(25(26,27)28)12-17(16)37-6/h9-10,12,15H,7-8,11,13H2,1-6H3,(H,29,31)/t15-/m1/s1. The molecule has 1 aromatic carbocycles. The highest BCUT2D eigenvalue weighted by molar-refractivity contribution is 5.78. The minimum Gasteiger partial charge on any atom is -0.496 e. The molecule has 0 aliphatic carbocycles. The second-order valence-electron chi connectivity index (χ2n) is 10.3. The third-order valence-electron chi connectivity index (χ3n) is 6.29. The first kappa shape index (κ1) is 27.3. The number of aromatic nitrogens is 4. The SMILES string of the molecule is COc1cc(C(F)(F)F)ccc1-c1nc2nc(N[C@@H]3CCCN(C(=O)OC(C)(C)C)C3)n(C)c2c(=O)n1C. The summed E-state index contributed by atoms with van der Waals surface area (Å²) in [5, 5.41) is 3.30. The fourth-order valence-electron chi connectivity index (χ4n) is 4.42. The maximum absolute atomic E-state index is 13.3. The number of alkyl halides is 3. The van der Waals surface area contributed by atoms with E-state index in [0.29, 0.717) is 19.0 Å². The average Bonchev–Trinajstić information content (AvgIpc) is 3.14. The Balaban J connectivity index is 1.66. The van der Waals surface area contributed by atoms with E-state index in [4.69, 9.17) is 9.47 Å². The lowest BCUT2D eigenvalue weighted by atomic mass is 10.1. The Morgan fingerprint density at radius 1 is 1.13 bits per heavy atom. The zero-order chi connectivity index (χ0) is 28.0. The highest BCUT2D eigenvalue weighted by atomic mass is 19.4. The number of aryl methyl sites for hydroxylation is 1. The van der Waals surface area contributed by atoms with Gasteiger partial charge in [0.1, 0.15) is 17.2 Å². The van der Waals surface area contributed by atoms with Crippen molar-refractivity contribution < 1.29 is 27.4 Å². The van der Waals surface area contributed by atoms with Crippen LogP contribution in [-0.4, -0.2) is 61.9 Å². The molecule has 13 heteroatoms. The second kappa shape index (κ2) is 9.84. The van der Waals surface area contributed by atoms with Crippen LogP contribution in [-0.2, 0) is 25.0 Å². The zero-order valence-corrected chi connectivity index (χ0v) is 22.1. The van der Waals surface area contributed by atoms with Gasteiger partial charge in [-0.05, 0) is 51.8 Å². The molecule has 0 spiro atoms. The summed E-state index contributed by atoms with van der Waals surface area (Å²) in [5.74, 6) is 0.434. The number of fused-ring (bicyclic) bond motifs is 1. The van der Waals surface area contributed by atoms with Crippen LogP contribution in [0.3, 0.4) is 0 Å². The summed E-state index contributed by atoms with van der Waals surface area (Å²) >= 11 is 0. The van der Waals surface area contributed by atoms with Crippen LogP contribution in [0.25, 0.3) is 22.6 Å². The number of nitrogens with zero attached hydrogens (tertiary/aromatic N) is 5. The van der Waals surface area contributed by atoms with Crippen LogP contribution < -0.4 is 15.6 Å². The lowest BCUT2D eigenvalue weighted by Crippen LogP contribution is -2.47. The Hall–Kier alpha value is -3.77. The van der Waals surface area contributed by atoms with E-state index in [1.54, 1.807) is 16.5 Å². The molecule has 4 rings (SSSR count). The second-order valence-corrected chi connectivity index (χ2v) is 10.3. The van der Waals surface area contributed by atoms with Crippen LogP contribution in [0.1, 0.15) is 39.2 Å². The maximum atomic E-state index is 13.3. The van der Waals surface area contributed by atoms with E-state index in [2.05, 4.69) is 15.3 Å². The summed E-state index contributed by atoms with van der Waals surface area (Å²) in [4.78, 5) is 36.5. The number of rotatable bonds is 4. The summed E-state index contributed by atoms with van der Waals surface area (Å²) in [6, 6.07) is 2.88. The first-order valence-electron chi connectivity index (χ1n) is 12.1. The van der Waals surface area contributed by atoms with Gasteiger partial charge in [0.15, 0.2) is 11.2 Å². The molecule has 1 aliphatic rings. The number of amides is 1. The molecule has 1 aliphatic heterocycles. The Kier molecular flexibility index (Phi) is 7.06. The smallest absolute Gasteiger partial charge is 0.416 e. The minimum absolute atomic E-state index is 0.0691.